The summed E-state index contributed by atoms with van der Waals surface area (Å²) in [7, 11) is 0. The highest BCUT2D eigenvalue weighted by atomic mass is 16.5. The van der Waals surface area contributed by atoms with Crippen LogP contribution in [-0.2, 0) is 14.3 Å². The number of ether oxygens (including phenoxy) is 2. The summed E-state index contributed by atoms with van der Waals surface area (Å²) < 4.78 is 10.1. The second-order valence-corrected chi connectivity index (χ2v) is 5.11. The van der Waals surface area contributed by atoms with Crippen molar-refractivity contribution in [3.63, 3.8) is 0 Å². The molecule has 5 nitrogen and oxygen atoms in total. The molecule has 0 aliphatic rings. The molecule has 0 aliphatic carbocycles. The molecule has 2 N–H and O–H groups in total. The third-order valence-electron chi connectivity index (χ3n) is 2.99. The molecule has 0 aromatic heterocycles. The maximum absolute atomic E-state index is 10.2. The Morgan fingerprint density at radius 1 is 0.950 bits per heavy atom. The lowest BCUT2D eigenvalue weighted by Gasteiger charge is -2.10. The van der Waals surface area contributed by atoms with E-state index in [1.165, 1.54) is 38.5 Å². The summed E-state index contributed by atoms with van der Waals surface area (Å²) in [5.74, 6) is -1.03. The van der Waals surface area contributed by atoms with Gasteiger partial charge in [-0.15, -0.1) is 0 Å². The minimum atomic E-state index is -1.03. The van der Waals surface area contributed by atoms with Gasteiger partial charge in [-0.25, -0.2) is 4.79 Å². The monoisotopic (exact) mass is 290 g/mol. The topological polar surface area (TPSA) is 76.0 Å². The van der Waals surface area contributed by atoms with E-state index in [9.17, 15) is 9.90 Å². The predicted octanol–water partition coefficient (Wildman–Crippen LogP) is 2.61. The van der Waals surface area contributed by atoms with Crippen LogP contribution in [0, 0.1) is 0 Å². The lowest BCUT2D eigenvalue weighted by Crippen LogP contribution is -2.23. The Balaban J connectivity index is 3.13. The fraction of sp³-hybridized carbons (Fsp3) is 0.933. The molecule has 20 heavy (non-hydrogen) atoms. The van der Waals surface area contributed by atoms with Crippen LogP contribution in [0.5, 0.6) is 0 Å². The third-order valence-corrected chi connectivity index (χ3v) is 2.99. The number of carbonyl (C=O) groups is 1. The second kappa shape index (κ2) is 14.8. The molecule has 0 aromatic carbocycles. The Hall–Kier alpha value is -0.650. The first-order valence-electron chi connectivity index (χ1n) is 7.72. The van der Waals surface area contributed by atoms with Crippen LogP contribution >= 0.6 is 0 Å². The Morgan fingerprint density at radius 3 is 2.10 bits per heavy atom. The minimum absolute atomic E-state index is 0.00370. The van der Waals surface area contributed by atoms with Gasteiger partial charge in [-0.3, -0.25) is 0 Å². The highest BCUT2D eigenvalue weighted by Gasteiger charge is 2.05. The zero-order valence-corrected chi connectivity index (χ0v) is 12.7. The highest BCUT2D eigenvalue weighted by Crippen LogP contribution is 2.08. The van der Waals surface area contributed by atoms with Crippen molar-refractivity contribution < 1.29 is 24.5 Å². The van der Waals surface area contributed by atoms with E-state index in [4.69, 9.17) is 14.6 Å². The van der Waals surface area contributed by atoms with Gasteiger partial charge in [0.15, 0.2) is 0 Å². The van der Waals surface area contributed by atoms with E-state index >= 15 is 0 Å². The van der Waals surface area contributed by atoms with Gasteiger partial charge in [0.25, 0.3) is 0 Å². The summed E-state index contributed by atoms with van der Waals surface area (Å²) >= 11 is 0. The quantitative estimate of drug-likeness (QED) is 0.453. The van der Waals surface area contributed by atoms with Crippen molar-refractivity contribution in [3.8, 4) is 0 Å². The molecule has 1 atom stereocenters. The number of carboxylic acid groups (broad SMARTS) is 1. The summed E-state index contributed by atoms with van der Waals surface area (Å²) in [6.07, 6.45) is 9.27. The van der Waals surface area contributed by atoms with Crippen LogP contribution in [0.15, 0.2) is 0 Å². The first kappa shape index (κ1) is 19.4. The van der Waals surface area contributed by atoms with Crippen molar-refractivity contribution >= 4 is 5.97 Å². The van der Waals surface area contributed by atoms with Crippen LogP contribution in [0.2, 0.25) is 0 Å². The lowest BCUT2D eigenvalue weighted by molar-refractivity contribution is -0.143. The van der Waals surface area contributed by atoms with Gasteiger partial charge < -0.3 is 19.7 Å². The molecule has 0 spiro atoms. The average molecular weight is 290 g/mol. The standard InChI is InChI=1S/C15H30O5/c1-2-3-4-5-6-7-8-9-10-19-11-14(16)12-20-13-15(17)18/h14,16H,2-13H2,1H3,(H,17,18). The molecule has 0 heterocycles. The molecule has 0 rings (SSSR count). The number of rotatable bonds is 15. The molecule has 120 valence electrons. The Bertz CT molecular complexity index is 220. The molecular formula is C15H30O5. The predicted molar refractivity (Wildman–Crippen MR) is 77.9 cm³/mol. The van der Waals surface area contributed by atoms with Gasteiger partial charge in [0.05, 0.1) is 13.2 Å². The zero-order chi connectivity index (χ0) is 15.1. The molecule has 0 aliphatic heterocycles. The molecule has 0 fully saturated rings. The van der Waals surface area contributed by atoms with Gasteiger partial charge in [0, 0.05) is 6.61 Å². The molecule has 0 saturated heterocycles. The fourth-order valence-electron chi connectivity index (χ4n) is 1.89. The van der Waals surface area contributed by atoms with Gasteiger partial charge >= 0.3 is 5.97 Å². The maximum Gasteiger partial charge on any atom is 0.329 e. The SMILES string of the molecule is CCCCCCCCCCOCC(O)COCC(=O)O. The second-order valence-electron chi connectivity index (χ2n) is 5.11. The number of carboxylic acids is 1. The Morgan fingerprint density at radius 2 is 1.50 bits per heavy atom. The van der Waals surface area contributed by atoms with Crippen molar-refractivity contribution in [1.82, 2.24) is 0 Å². The normalized spacial score (nSPS) is 12.5. The Kier molecular flexibility index (Phi) is 14.3. The van der Waals surface area contributed by atoms with E-state index in [1.807, 2.05) is 0 Å². The van der Waals surface area contributed by atoms with Crippen LogP contribution in [0.3, 0.4) is 0 Å². The van der Waals surface area contributed by atoms with Gasteiger partial charge in [0.1, 0.15) is 12.7 Å². The van der Waals surface area contributed by atoms with Crippen LogP contribution in [0.4, 0.5) is 0 Å². The minimum Gasteiger partial charge on any atom is -0.480 e. The highest BCUT2D eigenvalue weighted by molar-refractivity contribution is 5.67. The molecule has 5 heteroatoms. The fourth-order valence-corrected chi connectivity index (χ4v) is 1.89. The van der Waals surface area contributed by atoms with E-state index in [2.05, 4.69) is 6.92 Å². The summed E-state index contributed by atoms with van der Waals surface area (Å²) in [5, 5.41) is 17.8. The summed E-state index contributed by atoms with van der Waals surface area (Å²) in [4.78, 5) is 10.2. The van der Waals surface area contributed by atoms with Gasteiger partial charge in [-0.2, -0.15) is 0 Å². The molecule has 0 bridgehead atoms. The third kappa shape index (κ3) is 15.4. The molecule has 1 unspecified atom stereocenters. The number of hydrogen-bond donors (Lipinski definition) is 2. The van der Waals surface area contributed by atoms with Gasteiger partial charge in [-0.1, -0.05) is 51.9 Å². The van der Waals surface area contributed by atoms with Gasteiger partial charge in [-0.05, 0) is 6.42 Å². The van der Waals surface area contributed by atoms with Crippen molar-refractivity contribution in [2.75, 3.05) is 26.4 Å². The van der Waals surface area contributed by atoms with E-state index < -0.39 is 12.1 Å². The molecule has 0 amide bonds. The van der Waals surface area contributed by atoms with Crippen LogP contribution < -0.4 is 0 Å². The zero-order valence-electron chi connectivity index (χ0n) is 12.7. The van der Waals surface area contributed by atoms with Crippen LogP contribution in [0.1, 0.15) is 58.3 Å². The Labute approximate surface area is 122 Å². The van der Waals surface area contributed by atoms with Crippen molar-refractivity contribution in [2.24, 2.45) is 0 Å². The van der Waals surface area contributed by atoms with E-state index in [-0.39, 0.29) is 19.8 Å². The number of aliphatic hydroxyl groups excluding tert-OH is 1. The molecular weight excluding hydrogens is 260 g/mol. The summed E-state index contributed by atoms with van der Waals surface area (Å²) in [6.45, 7) is 2.69. The average Bonchev–Trinajstić information content (AvgIpc) is 2.40. The van der Waals surface area contributed by atoms with Crippen LogP contribution in [0.25, 0.3) is 0 Å². The first-order valence-corrected chi connectivity index (χ1v) is 7.72. The molecule has 0 radical (unpaired) electrons. The largest absolute Gasteiger partial charge is 0.480 e. The first-order chi connectivity index (χ1) is 9.66. The summed E-state index contributed by atoms with van der Waals surface area (Å²) in [5.41, 5.74) is 0. The van der Waals surface area contributed by atoms with Crippen LogP contribution in [-0.4, -0.2) is 48.7 Å². The van der Waals surface area contributed by atoms with E-state index in [1.54, 1.807) is 0 Å². The molecule has 0 aromatic rings. The van der Waals surface area contributed by atoms with Crippen molar-refractivity contribution in [1.29, 1.82) is 0 Å². The maximum atomic E-state index is 10.2. The van der Waals surface area contributed by atoms with Gasteiger partial charge in [0.2, 0.25) is 0 Å². The lowest BCUT2D eigenvalue weighted by atomic mass is 10.1. The van der Waals surface area contributed by atoms with E-state index in [0.717, 1.165) is 12.8 Å². The van der Waals surface area contributed by atoms with Crippen molar-refractivity contribution in [3.05, 3.63) is 0 Å². The number of aliphatic carboxylic acids is 1. The number of hydrogen-bond acceptors (Lipinski definition) is 4. The number of aliphatic hydroxyl groups is 1. The van der Waals surface area contributed by atoms with E-state index in [0.29, 0.717) is 6.61 Å². The molecule has 0 saturated carbocycles. The summed E-state index contributed by atoms with van der Waals surface area (Å²) in [6, 6.07) is 0. The number of unbranched alkanes of at least 4 members (excludes halogenated alkanes) is 7. The smallest absolute Gasteiger partial charge is 0.329 e. The van der Waals surface area contributed by atoms with Crippen molar-refractivity contribution in [2.45, 2.75) is 64.4 Å².